The summed E-state index contributed by atoms with van der Waals surface area (Å²) < 4.78 is 16.3. The molecule has 0 amide bonds. The quantitative estimate of drug-likeness (QED) is 0.531. The first-order valence-electron chi connectivity index (χ1n) is 9.50. The molecule has 0 fully saturated rings. The molecule has 0 bridgehead atoms. The molecule has 0 unspecified atom stereocenters. The smallest absolute Gasteiger partial charge is 0.229 e. The molecule has 0 atom stereocenters. The van der Waals surface area contributed by atoms with Crippen molar-refractivity contribution in [1.82, 2.24) is 9.97 Å². The maximum Gasteiger partial charge on any atom is 0.229 e. The van der Waals surface area contributed by atoms with Crippen LogP contribution in [-0.4, -0.2) is 37.3 Å². The van der Waals surface area contributed by atoms with E-state index in [0.29, 0.717) is 12.6 Å². The first-order chi connectivity index (χ1) is 14.2. The topological polar surface area (TPSA) is 77.5 Å². The Balaban J connectivity index is 1.61. The van der Waals surface area contributed by atoms with Crippen LogP contribution in [0.3, 0.4) is 0 Å². The van der Waals surface area contributed by atoms with E-state index in [1.807, 2.05) is 55.5 Å². The number of aromatic nitrogens is 2. The second-order valence-electron chi connectivity index (χ2n) is 6.19. The van der Waals surface area contributed by atoms with Gasteiger partial charge in [0.15, 0.2) is 11.5 Å². The van der Waals surface area contributed by atoms with Crippen LogP contribution in [0.1, 0.15) is 12.5 Å². The molecule has 0 saturated carbocycles. The van der Waals surface area contributed by atoms with Crippen molar-refractivity contribution >= 4 is 17.5 Å². The van der Waals surface area contributed by atoms with E-state index < -0.39 is 0 Å². The Morgan fingerprint density at radius 1 is 0.931 bits per heavy atom. The lowest BCUT2D eigenvalue weighted by Crippen LogP contribution is -2.08. The molecule has 2 aromatic carbocycles. The second kappa shape index (κ2) is 10.2. The Morgan fingerprint density at radius 3 is 2.55 bits per heavy atom. The van der Waals surface area contributed by atoms with Crippen LogP contribution in [-0.2, 0) is 6.42 Å². The average Bonchev–Trinajstić information content (AvgIpc) is 2.75. The Morgan fingerprint density at radius 2 is 1.76 bits per heavy atom. The number of rotatable bonds is 10. The molecule has 0 spiro atoms. The molecule has 2 N–H and O–H groups in total. The molecule has 0 aliphatic rings. The maximum absolute atomic E-state index is 5.64. The molecule has 1 aromatic heterocycles. The fourth-order valence-electron chi connectivity index (χ4n) is 2.86. The molecule has 0 radical (unpaired) electrons. The van der Waals surface area contributed by atoms with E-state index in [4.69, 9.17) is 14.2 Å². The number of nitrogens with zero attached hydrogens (tertiary/aromatic N) is 2. The van der Waals surface area contributed by atoms with Gasteiger partial charge in [0.1, 0.15) is 11.6 Å². The summed E-state index contributed by atoms with van der Waals surface area (Å²) in [4.78, 5) is 8.82. The molecule has 3 aromatic rings. The van der Waals surface area contributed by atoms with Gasteiger partial charge in [-0.3, -0.25) is 0 Å². The molecular formula is C22H26N4O3. The van der Waals surface area contributed by atoms with E-state index in [-0.39, 0.29) is 0 Å². The lowest BCUT2D eigenvalue weighted by Gasteiger charge is -2.12. The average molecular weight is 394 g/mol. The van der Waals surface area contributed by atoms with Crippen molar-refractivity contribution in [3.05, 3.63) is 60.3 Å². The zero-order valence-electron chi connectivity index (χ0n) is 16.9. The van der Waals surface area contributed by atoms with E-state index >= 15 is 0 Å². The van der Waals surface area contributed by atoms with Crippen molar-refractivity contribution in [2.75, 3.05) is 38.0 Å². The standard InChI is InChI=1S/C22H26N4O3/c1-4-29-18-8-6-5-7-17(18)25-22-24-14-12-21(26-22)23-13-11-16-9-10-19(27-2)20(15-16)28-3/h5-10,12,14-15H,4,11,13H2,1-3H3,(H2,23,24,25,26). The van der Waals surface area contributed by atoms with Gasteiger partial charge in [0.25, 0.3) is 0 Å². The summed E-state index contributed by atoms with van der Waals surface area (Å²) in [6.45, 7) is 3.27. The highest BCUT2D eigenvalue weighted by atomic mass is 16.5. The van der Waals surface area contributed by atoms with Gasteiger partial charge >= 0.3 is 0 Å². The SMILES string of the molecule is CCOc1ccccc1Nc1nccc(NCCc2ccc(OC)c(OC)c2)n1. The van der Waals surface area contributed by atoms with Gasteiger partial charge in [-0.25, -0.2) is 4.98 Å². The second-order valence-corrected chi connectivity index (χ2v) is 6.19. The molecule has 7 nitrogen and oxygen atoms in total. The number of para-hydroxylation sites is 2. The summed E-state index contributed by atoms with van der Waals surface area (Å²) in [6, 6.07) is 15.5. The van der Waals surface area contributed by atoms with Crippen LogP contribution in [0, 0.1) is 0 Å². The third-order valence-corrected chi connectivity index (χ3v) is 4.26. The van der Waals surface area contributed by atoms with Crippen LogP contribution in [0.25, 0.3) is 0 Å². The van der Waals surface area contributed by atoms with Crippen LogP contribution < -0.4 is 24.8 Å². The van der Waals surface area contributed by atoms with Crippen molar-refractivity contribution in [1.29, 1.82) is 0 Å². The first-order valence-corrected chi connectivity index (χ1v) is 9.50. The van der Waals surface area contributed by atoms with Gasteiger partial charge < -0.3 is 24.8 Å². The van der Waals surface area contributed by atoms with Crippen molar-refractivity contribution in [3.8, 4) is 17.2 Å². The number of ether oxygens (including phenoxy) is 3. The number of benzene rings is 2. The number of anilines is 3. The largest absolute Gasteiger partial charge is 0.493 e. The zero-order valence-corrected chi connectivity index (χ0v) is 16.9. The Labute approximate surface area is 171 Å². The van der Waals surface area contributed by atoms with Crippen LogP contribution in [0.2, 0.25) is 0 Å². The van der Waals surface area contributed by atoms with Crippen molar-refractivity contribution in [2.45, 2.75) is 13.3 Å². The summed E-state index contributed by atoms with van der Waals surface area (Å²) in [6.07, 6.45) is 2.54. The minimum atomic E-state index is 0.508. The monoisotopic (exact) mass is 394 g/mol. The highest BCUT2D eigenvalue weighted by Gasteiger charge is 2.07. The van der Waals surface area contributed by atoms with Gasteiger partial charge in [-0.05, 0) is 49.2 Å². The molecule has 29 heavy (non-hydrogen) atoms. The fraction of sp³-hybridized carbons (Fsp3) is 0.273. The summed E-state index contributed by atoms with van der Waals surface area (Å²) in [5, 5.41) is 6.55. The molecule has 0 saturated heterocycles. The minimum absolute atomic E-state index is 0.508. The third-order valence-electron chi connectivity index (χ3n) is 4.26. The summed E-state index contributed by atoms with van der Waals surface area (Å²) in [5.41, 5.74) is 1.98. The van der Waals surface area contributed by atoms with Gasteiger partial charge in [0.2, 0.25) is 5.95 Å². The number of nitrogens with one attached hydrogen (secondary N) is 2. The van der Waals surface area contributed by atoms with E-state index in [2.05, 4.69) is 20.6 Å². The van der Waals surface area contributed by atoms with Gasteiger partial charge in [0.05, 0.1) is 26.5 Å². The highest BCUT2D eigenvalue weighted by Crippen LogP contribution is 2.28. The lowest BCUT2D eigenvalue weighted by atomic mass is 10.1. The van der Waals surface area contributed by atoms with Gasteiger partial charge in [0, 0.05) is 12.7 Å². The van der Waals surface area contributed by atoms with Crippen LogP contribution in [0.15, 0.2) is 54.7 Å². The van der Waals surface area contributed by atoms with Gasteiger partial charge in [-0.2, -0.15) is 4.98 Å². The highest BCUT2D eigenvalue weighted by molar-refractivity contribution is 5.62. The number of hydrogen-bond donors (Lipinski definition) is 2. The fourth-order valence-corrected chi connectivity index (χ4v) is 2.86. The van der Waals surface area contributed by atoms with Gasteiger partial charge in [-0.1, -0.05) is 18.2 Å². The van der Waals surface area contributed by atoms with Crippen LogP contribution in [0.5, 0.6) is 17.2 Å². The first kappa shape index (κ1) is 20.3. The van der Waals surface area contributed by atoms with Crippen molar-refractivity contribution < 1.29 is 14.2 Å². The molecule has 152 valence electrons. The lowest BCUT2D eigenvalue weighted by molar-refractivity contribution is 0.342. The van der Waals surface area contributed by atoms with E-state index in [1.54, 1.807) is 20.4 Å². The minimum Gasteiger partial charge on any atom is -0.493 e. The normalized spacial score (nSPS) is 10.3. The Bertz CT molecular complexity index is 933. The van der Waals surface area contributed by atoms with Crippen molar-refractivity contribution in [3.63, 3.8) is 0 Å². The van der Waals surface area contributed by atoms with E-state index in [9.17, 15) is 0 Å². The van der Waals surface area contributed by atoms with Crippen LogP contribution in [0.4, 0.5) is 17.5 Å². The van der Waals surface area contributed by atoms with Crippen molar-refractivity contribution in [2.24, 2.45) is 0 Å². The third kappa shape index (κ3) is 5.51. The number of hydrogen-bond acceptors (Lipinski definition) is 7. The Hall–Kier alpha value is -3.48. The predicted octanol–water partition coefficient (Wildman–Crippen LogP) is 4.29. The molecule has 0 aliphatic heterocycles. The maximum atomic E-state index is 5.64. The predicted molar refractivity (Wildman–Crippen MR) is 115 cm³/mol. The Kier molecular flexibility index (Phi) is 7.10. The van der Waals surface area contributed by atoms with Gasteiger partial charge in [-0.15, -0.1) is 0 Å². The van der Waals surface area contributed by atoms with E-state index in [1.165, 1.54) is 0 Å². The molecule has 1 heterocycles. The molecule has 0 aliphatic carbocycles. The molecule has 7 heteroatoms. The molecule has 3 rings (SSSR count). The molecular weight excluding hydrogens is 368 g/mol. The number of methoxy groups -OCH3 is 2. The summed E-state index contributed by atoms with van der Waals surface area (Å²) in [5.74, 6) is 3.48. The zero-order chi connectivity index (χ0) is 20.5. The van der Waals surface area contributed by atoms with E-state index in [0.717, 1.165) is 47.3 Å². The summed E-state index contributed by atoms with van der Waals surface area (Å²) in [7, 11) is 3.27. The van der Waals surface area contributed by atoms with Crippen LogP contribution >= 0.6 is 0 Å². The summed E-state index contributed by atoms with van der Waals surface area (Å²) >= 11 is 0.